The van der Waals surface area contributed by atoms with Crippen molar-refractivity contribution < 1.29 is 4.79 Å². The Hall–Kier alpha value is -1.35. The van der Waals surface area contributed by atoms with Crippen LogP contribution in [0.1, 0.15) is 32.8 Å². The number of anilines is 1. The van der Waals surface area contributed by atoms with E-state index in [9.17, 15) is 4.79 Å². The molecule has 0 fully saturated rings. The van der Waals surface area contributed by atoms with Crippen LogP contribution in [0.25, 0.3) is 0 Å². The molecule has 1 unspecified atom stereocenters. The molecule has 94 valence electrons. The van der Waals surface area contributed by atoms with E-state index in [1.807, 2.05) is 49.9 Å². The van der Waals surface area contributed by atoms with Crippen LogP contribution in [0.2, 0.25) is 0 Å². The van der Waals surface area contributed by atoms with Gasteiger partial charge in [-0.05, 0) is 31.0 Å². The Morgan fingerprint density at radius 3 is 2.29 bits per heavy atom. The highest BCUT2D eigenvalue weighted by Gasteiger charge is 2.18. The lowest BCUT2D eigenvalue weighted by Crippen LogP contribution is -2.34. The molecule has 0 aliphatic heterocycles. The average Bonchev–Trinajstić information content (AvgIpc) is 2.39. The van der Waals surface area contributed by atoms with Gasteiger partial charge in [-0.15, -0.1) is 0 Å². The molecular formula is C14H22N2O. The highest BCUT2D eigenvalue weighted by atomic mass is 16.2. The second kappa shape index (κ2) is 6.40. The highest BCUT2D eigenvalue weighted by Crippen LogP contribution is 2.18. The zero-order chi connectivity index (χ0) is 12.8. The fraction of sp³-hybridized carbons (Fsp3) is 0.500. The third-order valence-corrected chi connectivity index (χ3v) is 3.10. The summed E-state index contributed by atoms with van der Waals surface area (Å²) < 4.78 is 0. The molecule has 0 aromatic heterocycles. The minimum atomic E-state index is 0.0733. The minimum absolute atomic E-state index is 0.0733. The maximum atomic E-state index is 12.2. The Morgan fingerprint density at radius 2 is 1.88 bits per heavy atom. The molecule has 0 aliphatic carbocycles. The van der Waals surface area contributed by atoms with Gasteiger partial charge in [0.2, 0.25) is 5.91 Å². The number of carbonyl (C=O) groups excluding carboxylic acids is 1. The molecule has 1 atom stereocenters. The lowest BCUT2D eigenvalue weighted by atomic mass is 10.1. The Labute approximate surface area is 104 Å². The van der Waals surface area contributed by atoms with E-state index in [0.29, 0.717) is 13.1 Å². The molecule has 0 saturated heterocycles. The van der Waals surface area contributed by atoms with Gasteiger partial charge >= 0.3 is 0 Å². The molecule has 0 aliphatic rings. The summed E-state index contributed by atoms with van der Waals surface area (Å²) in [6, 6.07) is 7.88. The van der Waals surface area contributed by atoms with Crippen molar-refractivity contribution in [1.82, 2.24) is 0 Å². The number of carbonyl (C=O) groups is 1. The Balaban J connectivity index is 2.89. The second-order valence-corrected chi connectivity index (χ2v) is 4.26. The number of nitrogens with zero attached hydrogens (tertiary/aromatic N) is 1. The van der Waals surface area contributed by atoms with Crippen LogP contribution in [0.5, 0.6) is 0 Å². The topological polar surface area (TPSA) is 46.3 Å². The van der Waals surface area contributed by atoms with Crippen LogP contribution < -0.4 is 10.6 Å². The van der Waals surface area contributed by atoms with E-state index in [1.165, 1.54) is 0 Å². The van der Waals surface area contributed by atoms with Gasteiger partial charge in [0.1, 0.15) is 0 Å². The average molecular weight is 234 g/mol. The van der Waals surface area contributed by atoms with Crippen LogP contribution in [-0.2, 0) is 11.3 Å². The summed E-state index contributed by atoms with van der Waals surface area (Å²) in [6.07, 6.45) is 0.871. The van der Waals surface area contributed by atoms with E-state index in [4.69, 9.17) is 5.73 Å². The smallest absolute Gasteiger partial charge is 0.229 e. The van der Waals surface area contributed by atoms with Crippen molar-refractivity contribution in [3.05, 3.63) is 29.8 Å². The summed E-state index contributed by atoms with van der Waals surface area (Å²) in [4.78, 5) is 14.0. The first kappa shape index (κ1) is 13.7. The quantitative estimate of drug-likeness (QED) is 0.851. The van der Waals surface area contributed by atoms with Crippen LogP contribution in [0.15, 0.2) is 24.3 Å². The van der Waals surface area contributed by atoms with E-state index in [1.54, 1.807) is 0 Å². The molecule has 2 N–H and O–H groups in total. The molecule has 1 rings (SSSR count). The molecular weight excluding hydrogens is 212 g/mol. The Morgan fingerprint density at radius 1 is 1.29 bits per heavy atom. The zero-order valence-electron chi connectivity index (χ0n) is 10.9. The van der Waals surface area contributed by atoms with Gasteiger partial charge in [0.25, 0.3) is 0 Å². The van der Waals surface area contributed by atoms with Gasteiger partial charge in [0.05, 0.1) is 0 Å². The van der Waals surface area contributed by atoms with Crippen molar-refractivity contribution in [1.29, 1.82) is 0 Å². The molecule has 1 aromatic rings. The van der Waals surface area contributed by atoms with Crippen molar-refractivity contribution in [2.75, 3.05) is 11.4 Å². The number of amides is 1. The van der Waals surface area contributed by atoms with Crippen molar-refractivity contribution in [2.45, 2.75) is 33.7 Å². The molecule has 0 bridgehead atoms. The first-order valence-electron chi connectivity index (χ1n) is 6.24. The maximum Gasteiger partial charge on any atom is 0.229 e. The normalized spacial score (nSPS) is 12.2. The van der Waals surface area contributed by atoms with E-state index in [0.717, 1.165) is 17.7 Å². The van der Waals surface area contributed by atoms with Crippen LogP contribution in [0.3, 0.4) is 0 Å². The molecule has 0 spiro atoms. The summed E-state index contributed by atoms with van der Waals surface area (Å²) in [6.45, 7) is 7.24. The third kappa shape index (κ3) is 3.30. The van der Waals surface area contributed by atoms with Crippen molar-refractivity contribution in [3.63, 3.8) is 0 Å². The fourth-order valence-electron chi connectivity index (χ4n) is 1.72. The molecule has 17 heavy (non-hydrogen) atoms. The standard InChI is InChI=1S/C14H22N2O/c1-4-11(3)14(17)16(5-2)13-8-6-12(10-15)7-9-13/h6-9,11H,4-5,10,15H2,1-3H3. The summed E-state index contributed by atoms with van der Waals surface area (Å²) in [7, 11) is 0. The first-order valence-corrected chi connectivity index (χ1v) is 6.24. The van der Waals surface area contributed by atoms with Crippen LogP contribution >= 0.6 is 0 Å². The largest absolute Gasteiger partial charge is 0.326 e. The van der Waals surface area contributed by atoms with E-state index >= 15 is 0 Å². The minimum Gasteiger partial charge on any atom is -0.326 e. The molecule has 0 heterocycles. The van der Waals surface area contributed by atoms with Gasteiger partial charge in [-0.25, -0.2) is 0 Å². The van der Waals surface area contributed by atoms with Gasteiger partial charge in [0, 0.05) is 24.7 Å². The number of nitrogens with two attached hydrogens (primary N) is 1. The maximum absolute atomic E-state index is 12.2. The first-order chi connectivity index (χ1) is 8.13. The zero-order valence-corrected chi connectivity index (χ0v) is 10.9. The van der Waals surface area contributed by atoms with Crippen molar-refractivity contribution >= 4 is 11.6 Å². The van der Waals surface area contributed by atoms with Gasteiger partial charge < -0.3 is 10.6 Å². The van der Waals surface area contributed by atoms with Crippen molar-refractivity contribution in [2.24, 2.45) is 11.7 Å². The fourth-order valence-corrected chi connectivity index (χ4v) is 1.72. The van der Waals surface area contributed by atoms with E-state index < -0.39 is 0 Å². The predicted molar refractivity (Wildman–Crippen MR) is 71.8 cm³/mol. The third-order valence-electron chi connectivity index (χ3n) is 3.10. The summed E-state index contributed by atoms with van der Waals surface area (Å²) in [5.74, 6) is 0.264. The van der Waals surface area contributed by atoms with E-state index in [2.05, 4.69) is 0 Å². The molecule has 1 aromatic carbocycles. The predicted octanol–water partition coefficient (Wildman–Crippen LogP) is 2.54. The summed E-state index contributed by atoms with van der Waals surface area (Å²) >= 11 is 0. The van der Waals surface area contributed by atoms with Crippen molar-refractivity contribution in [3.8, 4) is 0 Å². The molecule has 3 heteroatoms. The lowest BCUT2D eigenvalue weighted by molar-refractivity contribution is -0.121. The number of hydrogen-bond donors (Lipinski definition) is 1. The molecule has 0 saturated carbocycles. The van der Waals surface area contributed by atoms with Crippen LogP contribution in [-0.4, -0.2) is 12.5 Å². The molecule has 0 radical (unpaired) electrons. The van der Waals surface area contributed by atoms with Crippen LogP contribution in [0, 0.1) is 5.92 Å². The summed E-state index contributed by atoms with van der Waals surface area (Å²) in [5.41, 5.74) is 7.60. The number of hydrogen-bond acceptors (Lipinski definition) is 2. The second-order valence-electron chi connectivity index (χ2n) is 4.26. The summed E-state index contributed by atoms with van der Waals surface area (Å²) in [5, 5.41) is 0. The number of rotatable bonds is 5. The van der Waals surface area contributed by atoms with Gasteiger partial charge in [0.15, 0.2) is 0 Å². The SMILES string of the molecule is CCC(C)C(=O)N(CC)c1ccc(CN)cc1. The number of benzene rings is 1. The lowest BCUT2D eigenvalue weighted by Gasteiger charge is -2.24. The Kier molecular flexibility index (Phi) is 5.16. The highest BCUT2D eigenvalue weighted by molar-refractivity contribution is 5.94. The van der Waals surface area contributed by atoms with Gasteiger partial charge in [-0.3, -0.25) is 4.79 Å². The van der Waals surface area contributed by atoms with Gasteiger partial charge in [-0.2, -0.15) is 0 Å². The monoisotopic (exact) mass is 234 g/mol. The Bertz CT molecular complexity index is 359. The molecule has 1 amide bonds. The van der Waals surface area contributed by atoms with Gasteiger partial charge in [-0.1, -0.05) is 26.0 Å². The van der Waals surface area contributed by atoms with Crippen LogP contribution in [0.4, 0.5) is 5.69 Å². The van der Waals surface area contributed by atoms with E-state index in [-0.39, 0.29) is 11.8 Å². The molecule has 3 nitrogen and oxygen atoms in total.